The molecule has 0 saturated carbocycles. The number of pyridine rings is 1. The molecule has 0 fully saturated rings. The van der Waals surface area contributed by atoms with E-state index in [1.165, 1.54) is 12.3 Å². The lowest BCUT2D eigenvalue weighted by Gasteiger charge is -2.09. The van der Waals surface area contributed by atoms with E-state index in [-0.39, 0.29) is 19.0 Å². The van der Waals surface area contributed by atoms with Crippen molar-refractivity contribution in [1.82, 2.24) is 4.98 Å². The van der Waals surface area contributed by atoms with Gasteiger partial charge in [0.15, 0.2) is 5.82 Å². The molecule has 5 heteroatoms. The van der Waals surface area contributed by atoms with Crippen LogP contribution in [0.1, 0.15) is 11.1 Å². The zero-order valence-electron chi connectivity index (χ0n) is 9.57. The Bertz CT molecular complexity index is 548. The third-order valence-electron chi connectivity index (χ3n) is 2.48. The monoisotopic (exact) mass is 266 g/mol. The molecular formula is C13H12ClFN2O. The number of ether oxygens (including phenoxy) is 1. The first-order valence-electron chi connectivity index (χ1n) is 5.42. The van der Waals surface area contributed by atoms with E-state index in [1.54, 1.807) is 6.07 Å². The van der Waals surface area contributed by atoms with Gasteiger partial charge in [-0.3, -0.25) is 0 Å². The highest BCUT2D eigenvalue weighted by Crippen LogP contribution is 2.20. The van der Waals surface area contributed by atoms with Crippen molar-refractivity contribution in [2.45, 2.75) is 13.2 Å². The topological polar surface area (TPSA) is 48.1 Å². The zero-order valence-corrected chi connectivity index (χ0v) is 10.3. The van der Waals surface area contributed by atoms with Gasteiger partial charge >= 0.3 is 0 Å². The Hall–Kier alpha value is -1.65. The Labute approximate surface area is 109 Å². The molecule has 1 heterocycles. The fraction of sp³-hybridized carbons (Fsp3) is 0.154. The van der Waals surface area contributed by atoms with Crippen molar-refractivity contribution in [3.05, 3.63) is 58.5 Å². The van der Waals surface area contributed by atoms with Gasteiger partial charge in [-0.05, 0) is 12.1 Å². The van der Waals surface area contributed by atoms with Gasteiger partial charge in [0, 0.05) is 28.9 Å². The highest BCUT2D eigenvalue weighted by Gasteiger charge is 2.10. The van der Waals surface area contributed by atoms with Crippen LogP contribution in [0.3, 0.4) is 0 Å². The quantitative estimate of drug-likeness (QED) is 0.926. The van der Waals surface area contributed by atoms with E-state index in [9.17, 15) is 4.39 Å². The first-order chi connectivity index (χ1) is 8.72. The van der Waals surface area contributed by atoms with Gasteiger partial charge in [-0.1, -0.05) is 29.8 Å². The summed E-state index contributed by atoms with van der Waals surface area (Å²) in [5.41, 5.74) is 6.56. The summed E-state index contributed by atoms with van der Waals surface area (Å²) in [5.74, 6) is -0.579. The third-order valence-corrected chi connectivity index (χ3v) is 2.85. The number of nitrogens with two attached hydrogens (primary N) is 1. The largest absolute Gasteiger partial charge is 0.471 e. The predicted octanol–water partition coefficient (Wildman–Crippen LogP) is 2.91. The van der Waals surface area contributed by atoms with Crippen molar-refractivity contribution in [2.75, 3.05) is 0 Å². The van der Waals surface area contributed by atoms with Gasteiger partial charge in [0.1, 0.15) is 6.61 Å². The Morgan fingerprint density at radius 2 is 2.00 bits per heavy atom. The van der Waals surface area contributed by atoms with Gasteiger partial charge < -0.3 is 10.5 Å². The molecule has 0 saturated heterocycles. The molecule has 18 heavy (non-hydrogen) atoms. The molecular weight excluding hydrogens is 255 g/mol. The predicted molar refractivity (Wildman–Crippen MR) is 67.9 cm³/mol. The summed E-state index contributed by atoms with van der Waals surface area (Å²) in [6.45, 7) is 0.272. The van der Waals surface area contributed by atoms with Crippen LogP contribution in [0.5, 0.6) is 5.88 Å². The maximum absolute atomic E-state index is 13.8. The van der Waals surface area contributed by atoms with Crippen molar-refractivity contribution >= 4 is 11.6 Å². The average Bonchev–Trinajstić information content (AvgIpc) is 2.39. The highest BCUT2D eigenvalue weighted by atomic mass is 35.5. The van der Waals surface area contributed by atoms with Crippen LogP contribution in [0.15, 0.2) is 36.5 Å². The van der Waals surface area contributed by atoms with Crippen LogP contribution in [0.25, 0.3) is 0 Å². The molecule has 1 aromatic carbocycles. The number of halogens is 2. The van der Waals surface area contributed by atoms with Crippen molar-refractivity contribution in [3.63, 3.8) is 0 Å². The van der Waals surface area contributed by atoms with E-state index in [2.05, 4.69) is 4.98 Å². The van der Waals surface area contributed by atoms with Gasteiger partial charge in [0.25, 0.3) is 5.88 Å². The molecule has 1 aromatic heterocycles. The van der Waals surface area contributed by atoms with Crippen LogP contribution in [0, 0.1) is 5.82 Å². The van der Waals surface area contributed by atoms with Crippen molar-refractivity contribution in [1.29, 1.82) is 0 Å². The Morgan fingerprint density at radius 1 is 1.22 bits per heavy atom. The van der Waals surface area contributed by atoms with Crippen molar-refractivity contribution in [3.8, 4) is 5.88 Å². The number of aromatic nitrogens is 1. The molecule has 2 aromatic rings. The Kier molecular flexibility index (Phi) is 4.12. The summed E-state index contributed by atoms with van der Waals surface area (Å²) in [7, 11) is 0. The molecule has 0 atom stereocenters. The fourth-order valence-electron chi connectivity index (χ4n) is 1.48. The standard InChI is InChI=1S/C13H12ClFN2O/c14-11-4-2-1-3-10(11)8-18-13-12(15)9(7-16)5-6-17-13/h1-6H,7-8,16H2. The van der Waals surface area contributed by atoms with Crippen LogP contribution in [-0.4, -0.2) is 4.98 Å². The summed E-state index contributed by atoms with van der Waals surface area (Å²) >= 11 is 5.97. The minimum absolute atomic E-state index is 0.0575. The Balaban J connectivity index is 2.14. The SMILES string of the molecule is NCc1ccnc(OCc2ccccc2Cl)c1F. The van der Waals surface area contributed by atoms with Crippen LogP contribution >= 0.6 is 11.6 Å². The van der Waals surface area contributed by atoms with E-state index in [0.29, 0.717) is 10.6 Å². The molecule has 0 aliphatic carbocycles. The van der Waals surface area contributed by atoms with E-state index < -0.39 is 5.82 Å². The number of hydrogen-bond donors (Lipinski definition) is 1. The highest BCUT2D eigenvalue weighted by molar-refractivity contribution is 6.31. The summed E-state index contributed by atoms with van der Waals surface area (Å²) in [6.07, 6.45) is 1.47. The summed E-state index contributed by atoms with van der Waals surface area (Å²) < 4.78 is 19.1. The summed E-state index contributed by atoms with van der Waals surface area (Å²) in [4.78, 5) is 3.84. The number of hydrogen-bond acceptors (Lipinski definition) is 3. The minimum Gasteiger partial charge on any atom is -0.471 e. The molecule has 0 aliphatic heterocycles. The van der Waals surface area contributed by atoms with Crippen molar-refractivity contribution < 1.29 is 9.13 Å². The average molecular weight is 267 g/mol. The van der Waals surface area contributed by atoms with E-state index in [4.69, 9.17) is 22.1 Å². The number of nitrogens with zero attached hydrogens (tertiary/aromatic N) is 1. The molecule has 0 unspecified atom stereocenters. The number of benzene rings is 1. The maximum atomic E-state index is 13.8. The molecule has 94 valence electrons. The molecule has 0 radical (unpaired) electrons. The first kappa shape index (κ1) is 12.8. The molecule has 0 amide bonds. The van der Waals surface area contributed by atoms with E-state index in [1.807, 2.05) is 18.2 Å². The van der Waals surface area contributed by atoms with Crippen LogP contribution in [0.4, 0.5) is 4.39 Å². The minimum atomic E-state index is -0.521. The zero-order chi connectivity index (χ0) is 13.0. The van der Waals surface area contributed by atoms with Gasteiger partial charge in [-0.15, -0.1) is 0 Å². The van der Waals surface area contributed by atoms with Gasteiger partial charge in [0.05, 0.1) is 0 Å². The molecule has 0 spiro atoms. The summed E-state index contributed by atoms with van der Waals surface area (Å²) in [6, 6.07) is 8.75. The Morgan fingerprint density at radius 3 is 2.72 bits per heavy atom. The lowest BCUT2D eigenvalue weighted by Crippen LogP contribution is -2.05. The normalized spacial score (nSPS) is 10.4. The third kappa shape index (κ3) is 2.78. The van der Waals surface area contributed by atoms with Gasteiger partial charge in [-0.25, -0.2) is 9.37 Å². The molecule has 0 aliphatic rings. The molecule has 2 N–H and O–H groups in total. The van der Waals surface area contributed by atoms with Crippen molar-refractivity contribution in [2.24, 2.45) is 5.73 Å². The van der Waals surface area contributed by atoms with Crippen LogP contribution < -0.4 is 10.5 Å². The molecule has 2 rings (SSSR count). The van der Waals surface area contributed by atoms with E-state index in [0.717, 1.165) is 5.56 Å². The first-order valence-corrected chi connectivity index (χ1v) is 5.80. The second kappa shape index (κ2) is 5.80. The van der Waals surface area contributed by atoms with Gasteiger partial charge in [0.2, 0.25) is 0 Å². The molecule has 0 bridgehead atoms. The smallest absolute Gasteiger partial charge is 0.251 e. The van der Waals surface area contributed by atoms with Crippen LogP contribution in [-0.2, 0) is 13.2 Å². The lowest BCUT2D eigenvalue weighted by molar-refractivity contribution is 0.276. The second-order valence-electron chi connectivity index (χ2n) is 3.67. The van der Waals surface area contributed by atoms with E-state index >= 15 is 0 Å². The van der Waals surface area contributed by atoms with Crippen LogP contribution in [0.2, 0.25) is 5.02 Å². The molecule has 3 nitrogen and oxygen atoms in total. The fourth-order valence-corrected chi connectivity index (χ4v) is 1.67. The lowest BCUT2D eigenvalue weighted by atomic mass is 10.2. The van der Waals surface area contributed by atoms with Gasteiger partial charge in [-0.2, -0.15) is 0 Å². The second-order valence-corrected chi connectivity index (χ2v) is 4.08. The summed E-state index contributed by atoms with van der Waals surface area (Å²) in [5, 5.41) is 0.577. The number of rotatable bonds is 4. The maximum Gasteiger partial charge on any atom is 0.251 e.